The van der Waals surface area contributed by atoms with Gasteiger partial charge in [-0.3, -0.25) is 4.79 Å². The smallest absolute Gasteiger partial charge is 0.317 e. The number of halogens is 1. The van der Waals surface area contributed by atoms with Gasteiger partial charge < -0.3 is 15.5 Å². The molecule has 0 atom stereocenters. The van der Waals surface area contributed by atoms with E-state index in [1.54, 1.807) is 34.7 Å². The topological polar surface area (TPSA) is 74.3 Å². The van der Waals surface area contributed by atoms with Crippen LogP contribution in [0.5, 0.6) is 0 Å². The molecule has 0 radical (unpaired) electrons. The number of urea groups is 1. The van der Waals surface area contributed by atoms with Crippen LogP contribution < -0.4 is 10.6 Å². The van der Waals surface area contributed by atoms with Crippen molar-refractivity contribution in [1.82, 2.24) is 15.2 Å². The van der Waals surface area contributed by atoms with E-state index in [1.807, 2.05) is 0 Å². The zero-order valence-corrected chi connectivity index (χ0v) is 14.4. The molecule has 132 valence electrons. The Kier molecular flexibility index (Phi) is 5.60. The third-order valence-corrected chi connectivity index (χ3v) is 4.89. The van der Waals surface area contributed by atoms with Crippen molar-refractivity contribution >= 4 is 28.4 Å². The van der Waals surface area contributed by atoms with Gasteiger partial charge in [0.2, 0.25) is 5.91 Å². The van der Waals surface area contributed by atoms with Crippen LogP contribution in [0.25, 0.3) is 0 Å². The normalized spacial score (nSPS) is 15.0. The number of amides is 3. The maximum Gasteiger partial charge on any atom is 0.317 e. The first-order valence-electron chi connectivity index (χ1n) is 8.10. The third kappa shape index (κ3) is 4.54. The zero-order chi connectivity index (χ0) is 17.6. The van der Waals surface area contributed by atoms with Crippen molar-refractivity contribution in [3.63, 3.8) is 0 Å². The summed E-state index contributed by atoms with van der Waals surface area (Å²) < 4.78 is 13.6. The van der Waals surface area contributed by atoms with Gasteiger partial charge in [0, 0.05) is 42.7 Å². The molecular formula is C17H19FN4O2S. The number of benzene rings is 1. The van der Waals surface area contributed by atoms with E-state index in [4.69, 9.17) is 0 Å². The summed E-state index contributed by atoms with van der Waals surface area (Å²) in [6.45, 7) is 1.15. The maximum absolute atomic E-state index is 13.6. The van der Waals surface area contributed by atoms with Gasteiger partial charge in [-0.15, -0.1) is 11.3 Å². The molecule has 3 rings (SSSR count). The van der Waals surface area contributed by atoms with Gasteiger partial charge in [-0.05, 0) is 18.9 Å². The molecule has 2 heterocycles. The van der Waals surface area contributed by atoms with Gasteiger partial charge >= 0.3 is 6.03 Å². The molecule has 8 heteroatoms. The number of hydrogen-bond donors (Lipinski definition) is 2. The molecule has 1 aliphatic rings. The fourth-order valence-electron chi connectivity index (χ4n) is 2.76. The van der Waals surface area contributed by atoms with Gasteiger partial charge in [0.25, 0.3) is 0 Å². The zero-order valence-electron chi connectivity index (χ0n) is 13.6. The molecule has 1 saturated heterocycles. The fourth-order valence-corrected chi connectivity index (χ4v) is 3.29. The van der Waals surface area contributed by atoms with E-state index in [-0.39, 0.29) is 30.2 Å². The van der Waals surface area contributed by atoms with Gasteiger partial charge in [0.15, 0.2) is 5.13 Å². The number of carbonyl (C=O) groups is 2. The first kappa shape index (κ1) is 17.3. The second-order valence-corrected chi connectivity index (χ2v) is 6.73. The van der Waals surface area contributed by atoms with E-state index in [0.717, 1.165) is 0 Å². The highest BCUT2D eigenvalue weighted by Crippen LogP contribution is 2.20. The Morgan fingerprint density at radius 3 is 2.72 bits per heavy atom. The predicted octanol–water partition coefficient (Wildman–Crippen LogP) is 2.84. The SMILES string of the molecule is O=C(Nc1nccs1)C1CCN(C(=O)NCc2ccccc2F)CC1. The van der Waals surface area contributed by atoms with Crippen molar-refractivity contribution in [3.05, 3.63) is 47.2 Å². The summed E-state index contributed by atoms with van der Waals surface area (Å²) in [6.07, 6.45) is 2.84. The average molecular weight is 362 g/mol. The molecule has 3 amide bonds. The Labute approximate surface area is 149 Å². The monoisotopic (exact) mass is 362 g/mol. The number of hydrogen-bond acceptors (Lipinski definition) is 4. The molecule has 6 nitrogen and oxygen atoms in total. The fraction of sp³-hybridized carbons (Fsp3) is 0.353. The molecular weight excluding hydrogens is 343 g/mol. The Balaban J connectivity index is 1.44. The highest BCUT2D eigenvalue weighted by Gasteiger charge is 2.27. The largest absolute Gasteiger partial charge is 0.334 e. The Morgan fingerprint density at radius 2 is 2.04 bits per heavy atom. The molecule has 0 saturated carbocycles. The van der Waals surface area contributed by atoms with Crippen molar-refractivity contribution in [2.75, 3.05) is 18.4 Å². The molecule has 25 heavy (non-hydrogen) atoms. The molecule has 1 aromatic heterocycles. The van der Waals surface area contributed by atoms with Crippen molar-refractivity contribution in [2.24, 2.45) is 5.92 Å². The number of piperidine rings is 1. The molecule has 1 fully saturated rings. The van der Waals surface area contributed by atoms with Crippen LogP contribution in [0.1, 0.15) is 18.4 Å². The lowest BCUT2D eigenvalue weighted by Crippen LogP contribution is -2.45. The summed E-state index contributed by atoms with van der Waals surface area (Å²) in [5.41, 5.74) is 0.452. The third-order valence-electron chi connectivity index (χ3n) is 4.20. The molecule has 1 aromatic carbocycles. The Bertz CT molecular complexity index is 730. The summed E-state index contributed by atoms with van der Waals surface area (Å²) in [7, 11) is 0. The van der Waals surface area contributed by atoms with Crippen molar-refractivity contribution < 1.29 is 14.0 Å². The number of thiazole rings is 1. The number of nitrogens with zero attached hydrogens (tertiary/aromatic N) is 2. The highest BCUT2D eigenvalue weighted by molar-refractivity contribution is 7.13. The number of aromatic nitrogens is 1. The molecule has 0 aliphatic carbocycles. The number of carbonyl (C=O) groups excluding carboxylic acids is 2. The molecule has 0 unspecified atom stereocenters. The van der Waals surface area contributed by atoms with Gasteiger partial charge in [0.1, 0.15) is 5.82 Å². The van der Waals surface area contributed by atoms with Crippen LogP contribution in [0, 0.1) is 11.7 Å². The van der Waals surface area contributed by atoms with E-state index in [2.05, 4.69) is 15.6 Å². The summed E-state index contributed by atoms with van der Waals surface area (Å²) in [5.74, 6) is -0.513. The van der Waals surface area contributed by atoms with E-state index < -0.39 is 0 Å². The Hall–Kier alpha value is -2.48. The number of nitrogens with one attached hydrogen (secondary N) is 2. The summed E-state index contributed by atoms with van der Waals surface area (Å²) in [4.78, 5) is 30.1. The van der Waals surface area contributed by atoms with Gasteiger partial charge in [-0.2, -0.15) is 0 Å². The average Bonchev–Trinajstić information content (AvgIpc) is 3.14. The lowest BCUT2D eigenvalue weighted by Gasteiger charge is -2.31. The van der Waals surface area contributed by atoms with Crippen molar-refractivity contribution in [3.8, 4) is 0 Å². The van der Waals surface area contributed by atoms with E-state index in [9.17, 15) is 14.0 Å². The minimum atomic E-state index is -0.333. The van der Waals surface area contributed by atoms with Gasteiger partial charge in [-0.1, -0.05) is 18.2 Å². The van der Waals surface area contributed by atoms with Crippen LogP contribution in [-0.2, 0) is 11.3 Å². The van der Waals surface area contributed by atoms with E-state index in [0.29, 0.717) is 36.6 Å². The quantitative estimate of drug-likeness (QED) is 0.878. The van der Waals surface area contributed by atoms with E-state index in [1.165, 1.54) is 17.4 Å². The number of anilines is 1. The lowest BCUT2D eigenvalue weighted by molar-refractivity contribution is -0.121. The molecule has 0 spiro atoms. The van der Waals surface area contributed by atoms with Gasteiger partial charge in [0.05, 0.1) is 0 Å². The first-order valence-corrected chi connectivity index (χ1v) is 8.98. The summed E-state index contributed by atoms with van der Waals surface area (Å²) in [5, 5.41) is 7.92. The van der Waals surface area contributed by atoms with Gasteiger partial charge in [-0.25, -0.2) is 14.2 Å². The summed E-state index contributed by atoms with van der Waals surface area (Å²) >= 11 is 1.38. The minimum Gasteiger partial charge on any atom is -0.334 e. The highest BCUT2D eigenvalue weighted by atomic mass is 32.1. The van der Waals surface area contributed by atoms with E-state index >= 15 is 0 Å². The second kappa shape index (κ2) is 8.06. The van der Waals surface area contributed by atoms with Crippen molar-refractivity contribution in [1.29, 1.82) is 0 Å². The predicted molar refractivity (Wildman–Crippen MR) is 93.7 cm³/mol. The molecule has 2 aromatic rings. The molecule has 2 N–H and O–H groups in total. The second-order valence-electron chi connectivity index (χ2n) is 5.84. The van der Waals surface area contributed by atoms with Crippen LogP contribution in [-0.4, -0.2) is 34.9 Å². The lowest BCUT2D eigenvalue weighted by atomic mass is 9.96. The molecule has 0 bridgehead atoms. The van der Waals surface area contributed by atoms with Crippen LogP contribution in [0.15, 0.2) is 35.8 Å². The van der Waals surface area contributed by atoms with Crippen LogP contribution >= 0.6 is 11.3 Å². The van der Waals surface area contributed by atoms with Crippen molar-refractivity contribution in [2.45, 2.75) is 19.4 Å². The first-order chi connectivity index (χ1) is 12.1. The van der Waals surface area contributed by atoms with Crippen LogP contribution in [0.2, 0.25) is 0 Å². The maximum atomic E-state index is 13.6. The summed E-state index contributed by atoms with van der Waals surface area (Å²) in [6, 6.07) is 6.13. The van der Waals surface area contributed by atoms with Crippen LogP contribution in [0.3, 0.4) is 0 Å². The number of likely N-dealkylation sites (tertiary alicyclic amines) is 1. The Morgan fingerprint density at radius 1 is 1.28 bits per heavy atom. The molecule has 1 aliphatic heterocycles. The minimum absolute atomic E-state index is 0.0543. The standard InChI is InChI=1S/C17H19FN4O2S/c18-14-4-2-1-3-13(14)11-20-17(24)22-8-5-12(6-9-22)15(23)21-16-19-7-10-25-16/h1-4,7,10,12H,5-6,8-9,11H2,(H,20,24)(H,19,21,23). The number of rotatable bonds is 4. The van der Waals surface area contributed by atoms with Crippen LogP contribution in [0.4, 0.5) is 14.3 Å².